The highest BCUT2D eigenvalue weighted by atomic mass is 35.5. The van der Waals surface area contributed by atoms with Gasteiger partial charge in [0.1, 0.15) is 12.4 Å². The lowest BCUT2D eigenvalue weighted by Crippen LogP contribution is -2.00. The van der Waals surface area contributed by atoms with Gasteiger partial charge in [0.15, 0.2) is 0 Å². The monoisotopic (exact) mass is 247 g/mol. The van der Waals surface area contributed by atoms with Crippen LogP contribution in [-0.4, -0.2) is 0 Å². The highest BCUT2D eigenvalue weighted by molar-refractivity contribution is 6.30. The minimum Gasteiger partial charge on any atom is -0.489 e. The van der Waals surface area contributed by atoms with E-state index in [2.05, 4.69) is 0 Å². The maximum atomic E-state index is 5.88. The molecule has 0 radical (unpaired) electrons. The third-order valence-electron chi connectivity index (χ3n) is 2.68. The third-order valence-corrected chi connectivity index (χ3v) is 2.91. The van der Waals surface area contributed by atoms with Gasteiger partial charge in [0.2, 0.25) is 0 Å². The van der Waals surface area contributed by atoms with Crippen molar-refractivity contribution in [3.63, 3.8) is 0 Å². The number of anilines is 1. The Morgan fingerprint density at radius 1 is 1.18 bits per heavy atom. The molecule has 2 aromatic carbocycles. The maximum Gasteiger partial charge on any atom is 0.121 e. The van der Waals surface area contributed by atoms with Crippen LogP contribution in [0.25, 0.3) is 0 Å². The second-order valence-corrected chi connectivity index (χ2v) is 4.31. The summed E-state index contributed by atoms with van der Waals surface area (Å²) in [6, 6.07) is 13.2. The normalized spacial score (nSPS) is 10.2. The van der Waals surface area contributed by atoms with Gasteiger partial charge in [0.05, 0.1) is 0 Å². The van der Waals surface area contributed by atoms with Crippen molar-refractivity contribution in [2.24, 2.45) is 0 Å². The summed E-state index contributed by atoms with van der Waals surface area (Å²) in [6.45, 7) is 2.49. The van der Waals surface area contributed by atoms with Crippen LogP contribution in [-0.2, 0) is 6.61 Å². The van der Waals surface area contributed by atoms with Gasteiger partial charge in [-0.25, -0.2) is 0 Å². The van der Waals surface area contributed by atoms with Gasteiger partial charge in [-0.3, -0.25) is 0 Å². The van der Waals surface area contributed by atoms with Crippen molar-refractivity contribution in [2.75, 3.05) is 5.73 Å². The molecular weight excluding hydrogens is 234 g/mol. The van der Waals surface area contributed by atoms with Crippen molar-refractivity contribution in [3.8, 4) is 5.75 Å². The molecule has 2 N–H and O–H groups in total. The smallest absolute Gasteiger partial charge is 0.121 e. The zero-order valence-corrected chi connectivity index (χ0v) is 10.4. The highest BCUT2D eigenvalue weighted by Gasteiger charge is 2.02. The second-order valence-electron chi connectivity index (χ2n) is 3.88. The van der Waals surface area contributed by atoms with Crippen molar-refractivity contribution < 1.29 is 4.74 Å². The first kappa shape index (κ1) is 11.8. The molecule has 2 rings (SSSR count). The number of benzene rings is 2. The van der Waals surface area contributed by atoms with Crippen LogP contribution >= 0.6 is 11.6 Å². The van der Waals surface area contributed by atoms with E-state index in [9.17, 15) is 0 Å². The predicted octanol–water partition coefficient (Wildman–Crippen LogP) is 3.81. The van der Waals surface area contributed by atoms with Crippen molar-refractivity contribution >= 4 is 17.3 Å². The van der Waals surface area contributed by atoms with Gasteiger partial charge in [-0.05, 0) is 42.3 Å². The van der Waals surface area contributed by atoms with Gasteiger partial charge in [-0.15, -0.1) is 0 Å². The first-order valence-corrected chi connectivity index (χ1v) is 5.77. The molecule has 0 saturated heterocycles. The first-order chi connectivity index (χ1) is 8.16. The largest absolute Gasteiger partial charge is 0.489 e. The lowest BCUT2D eigenvalue weighted by molar-refractivity contribution is 0.305. The quantitative estimate of drug-likeness (QED) is 0.837. The molecule has 0 heterocycles. The van der Waals surface area contributed by atoms with Crippen molar-refractivity contribution in [1.82, 2.24) is 0 Å². The van der Waals surface area contributed by atoms with Gasteiger partial charge in [0.25, 0.3) is 0 Å². The lowest BCUT2D eigenvalue weighted by atomic mass is 10.1. The van der Waals surface area contributed by atoms with E-state index >= 15 is 0 Å². The lowest BCUT2D eigenvalue weighted by Gasteiger charge is -2.10. The summed E-state index contributed by atoms with van der Waals surface area (Å²) in [5.41, 5.74) is 8.78. The van der Waals surface area contributed by atoms with Gasteiger partial charge < -0.3 is 10.5 Å². The number of ether oxygens (including phenoxy) is 1. The fourth-order valence-electron chi connectivity index (χ4n) is 1.58. The Bertz CT molecular complexity index is 525. The van der Waals surface area contributed by atoms with E-state index in [1.807, 2.05) is 43.3 Å². The molecule has 0 aliphatic heterocycles. The van der Waals surface area contributed by atoms with Gasteiger partial charge in [-0.2, -0.15) is 0 Å². The Balaban J connectivity index is 2.10. The Morgan fingerprint density at radius 2 is 1.94 bits per heavy atom. The van der Waals surface area contributed by atoms with Crippen molar-refractivity contribution in [3.05, 3.63) is 58.6 Å². The molecule has 0 fully saturated rings. The summed E-state index contributed by atoms with van der Waals surface area (Å²) >= 11 is 5.88. The number of hydrogen-bond donors (Lipinski definition) is 1. The van der Waals surface area contributed by atoms with E-state index in [0.29, 0.717) is 11.6 Å². The zero-order chi connectivity index (χ0) is 12.3. The van der Waals surface area contributed by atoms with E-state index in [0.717, 1.165) is 22.6 Å². The van der Waals surface area contributed by atoms with Crippen LogP contribution in [0.1, 0.15) is 11.1 Å². The highest BCUT2D eigenvalue weighted by Crippen LogP contribution is 2.20. The average molecular weight is 248 g/mol. The molecule has 0 atom stereocenters. The van der Waals surface area contributed by atoms with Crippen LogP contribution < -0.4 is 10.5 Å². The van der Waals surface area contributed by atoms with E-state index in [-0.39, 0.29) is 0 Å². The molecule has 0 unspecified atom stereocenters. The summed E-state index contributed by atoms with van der Waals surface area (Å²) in [7, 11) is 0. The van der Waals surface area contributed by atoms with E-state index in [1.54, 1.807) is 6.07 Å². The molecule has 3 heteroatoms. The summed E-state index contributed by atoms with van der Waals surface area (Å²) < 4.78 is 5.67. The Hall–Kier alpha value is -1.67. The van der Waals surface area contributed by atoms with E-state index in [1.165, 1.54) is 0 Å². The molecule has 0 saturated carbocycles. The molecule has 88 valence electrons. The Kier molecular flexibility index (Phi) is 3.55. The standard InChI is InChI=1S/C14H14ClNO/c1-10-11(4-2-7-14(10)16)9-17-13-6-3-5-12(15)8-13/h2-8H,9,16H2,1H3. The Morgan fingerprint density at radius 3 is 2.71 bits per heavy atom. The molecule has 0 bridgehead atoms. The van der Waals surface area contributed by atoms with Crippen LogP contribution in [0.2, 0.25) is 5.02 Å². The zero-order valence-electron chi connectivity index (χ0n) is 9.61. The fourth-order valence-corrected chi connectivity index (χ4v) is 1.76. The molecule has 2 nitrogen and oxygen atoms in total. The molecule has 0 amide bonds. The van der Waals surface area contributed by atoms with Gasteiger partial charge in [-0.1, -0.05) is 29.8 Å². The van der Waals surface area contributed by atoms with Gasteiger partial charge >= 0.3 is 0 Å². The van der Waals surface area contributed by atoms with Crippen LogP contribution in [0.15, 0.2) is 42.5 Å². The first-order valence-electron chi connectivity index (χ1n) is 5.39. The van der Waals surface area contributed by atoms with Crippen molar-refractivity contribution in [2.45, 2.75) is 13.5 Å². The average Bonchev–Trinajstić information content (AvgIpc) is 2.31. The minimum atomic E-state index is 0.497. The predicted molar refractivity (Wildman–Crippen MR) is 71.4 cm³/mol. The molecule has 17 heavy (non-hydrogen) atoms. The second kappa shape index (κ2) is 5.11. The topological polar surface area (TPSA) is 35.2 Å². The van der Waals surface area contributed by atoms with E-state index < -0.39 is 0 Å². The molecule has 0 aliphatic rings. The number of rotatable bonds is 3. The summed E-state index contributed by atoms with van der Waals surface area (Å²) in [5, 5.41) is 0.673. The van der Waals surface area contributed by atoms with Crippen molar-refractivity contribution in [1.29, 1.82) is 0 Å². The Labute approximate surface area is 106 Å². The molecule has 0 aliphatic carbocycles. The van der Waals surface area contributed by atoms with E-state index in [4.69, 9.17) is 22.1 Å². The van der Waals surface area contributed by atoms with Crippen LogP contribution in [0.3, 0.4) is 0 Å². The molecule has 0 spiro atoms. The third kappa shape index (κ3) is 2.92. The molecule has 0 aromatic heterocycles. The maximum absolute atomic E-state index is 5.88. The van der Waals surface area contributed by atoms with Crippen LogP contribution in [0, 0.1) is 6.92 Å². The number of hydrogen-bond acceptors (Lipinski definition) is 2. The molecule has 2 aromatic rings. The minimum absolute atomic E-state index is 0.497. The van der Waals surface area contributed by atoms with Gasteiger partial charge in [0, 0.05) is 10.7 Å². The number of nitrogen functional groups attached to an aromatic ring is 1. The summed E-state index contributed by atoms with van der Waals surface area (Å²) in [4.78, 5) is 0. The number of halogens is 1. The number of nitrogens with two attached hydrogens (primary N) is 1. The SMILES string of the molecule is Cc1c(N)cccc1COc1cccc(Cl)c1. The van der Waals surface area contributed by atoms with Crippen LogP contribution in [0.5, 0.6) is 5.75 Å². The van der Waals surface area contributed by atoms with Crippen LogP contribution in [0.4, 0.5) is 5.69 Å². The summed E-state index contributed by atoms with van der Waals surface area (Å²) in [6.07, 6.45) is 0. The summed E-state index contributed by atoms with van der Waals surface area (Å²) in [5.74, 6) is 0.763. The fraction of sp³-hybridized carbons (Fsp3) is 0.143. The molecular formula is C14H14ClNO.